The van der Waals surface area contributed by atoms with Gasteiger partial charge in [0, 0.05) is 12.1 Å². The topological polar surface area (TPSA) is 41.6 Å². The third-order valence-electron chi connectivity index (χ3n) is 4.66. The van der Waals surface area contributed by atoms with E-state index in [0.717, 1.165) is 19.0 Å². The second-order valence-electron chi connectivity index (χ2n) is 6.51. The highest BCUT2D eigenvalue weighted by atomic mass is 15.3. The van der Waals surface area contributed by atoms with E-state index in [2.05, 4.69) is 30.7 Å². The van der Waals surface area contributed by atoms with E-state index >= 15 is 0 Å². The quantitative estimate of drug-likeness (QED) is 0.573. The van der Waals surface area contributed by atoms with Gasteiger partial charge in [0.2, 0.25) is 0 Å². The SMILES string of the molecule is CCCCCCC(C)(CCCCCC)N1CCN=C1N. The maximum atomic E-state index is 6.10. The van der Waals surface area contributed by atoms with Crippen molar-refractivity contribution in [2.24, 2.45) is 10.7 Å². The second-order valence-corrected chi connectivity index (χ2v) is 6.51. The highest BCUT2D eigenvalue weighted by Crippen LogP contribution is 2.30. The van der Waals surface area contributed by atoms with Crippen LogP contribution in [0.4, 0.5) is 0 Å². The van der Waals surface area contributed by atoms with Crippen LogP contribution in [0.3, 0.4) is 0 Å². The van der Waals surface area contributed by atoms with E-state index in [0.29, 0.717) is 0 Å². The molecule has 0 spiro atoms. The van der Waals surface area contributed by atoms with Crippen molar-refractivity contribution in [3.05, 3.63) is 0 Å². The number of nitrogens with two attached hydrogens (primary N) is 1. The molecular formula is C17H35N3. The van der Waals surface area contributed by atoms with E-state index in [9.17, 15) is 0 Å². The van der Waals surface area contributed by atoms with Gasteiger partial charge in [0.25, 0.3) is 0 Å². The Morgan fingerprint density at radius 3 is 1.95 bits per heavy atom. The summed E-state index contributed by atoms with van der Waals surface area (Å²) < 4.78 is 0. The minimum absolute atomic E-state index is 0.228. The van der Waals surface area contributed by atoms with E-state index in [1.807, 2.05) is 0 Å². The van der Waals surface area contributed by atoms with Crippen molar-refractivity contribution in [3.8, 4) is 0 Å². The van der Waals surface area contributed by atoms with E-state index < -0.39 is 0 Å². The molecule has 0 saturated carbocycles. The van der Waals surface area contributed by atoms with Gasteiger partial charge in [0.15, 0.2) is 5.96 Å². The lowest BCUT2D eigenvalue weighted by Crippen LogP contribution is -2.51. The summed E-state index contributed by atoms with van der Waals surface area (Å²) in [6.45, 7) is 8.85. The first-order valence-corrected chi connectivity index (χ1v) is 8.71. The molecular weight excluding hydrogens is 246 g/mol. The van der Waals surface area contributed by atoms with Crippen molar-refractivity contribution in [2.75, 3.05) is 13.1 Å². The predicted octanol–water partition coefficient (Wildman–Crippen LogP) is 4.32. The number of hydrogen-bond donors (Lipinski definition) is 1. The Morgan fingerprint density at radius 2 is 1.55 bits per heavy atom. The summed E-state index contributed by atoms with van der Waals surface area (Å²) >= 11 is 0. The number of rotatable bonds is 11. The lowest BCUT2D eigenvalue weighted by molar-refractivity contribution is 0.167. The molecule has 0 bridgehead atoms. The highest BCUT2D eigenvalue weighted by Gasteiger charge is 2.33. The third kappa shape index (κ3) is 5.34. The molecule has 0 aromatic rings. The first-order valence-electron chi connectivity index (χ1n) is 8.71. The van der Waals surface area contributed by atoms with E-state index in [4.69, 9.17) is 5.73 Å². The minimum Gasteiger partial charge on any atom is -0.370 e. The van der Waals surface area contributed by atoms with Gasteiger partial charge >= 0.3 is 0 Å². The molecule has 118 valence electrons. The van der Waals surface area contributed by atoms with Gasteiger partial charge in [0.05, 0.1) is 6.54 Å². The first-order chi connectivity index (χ1) is 9.64. The summed E-state index contributed by atoms with van der Waals surface area (Å²) in [5.41, 5.74) is 6.33. The largest absolute Gasteiger partial charge is 0.370 e. The smallest absolute Gasteiger partial charge is 0.191 e. The van der Waals surface area contributed by atoms with Gasteiger partial charge in [0.1, 0.15) is 0 Å². The van der Waals surface area contributed by atoms with Crippen LogP contribution in [0, 0.1) is 0 Å². The Hall–Kier alpha value is -0.730. The van der Waals surface area contributed by atoms with Crippen LogP contribution in [0.2, 0.25) is 0 Å². The molecule has 0 fully saturated rings. The van der Waals surface area contributed by atoms with Crippen molar-refractivity contribution in [1.29, 1.82) is 0 Å². The first kappa shape index (κ1) is 17.3. The van der Waals surface area contributed by atoms with Crippen LogP contribution in [-0.4, -0.2) is 29.5 Å². The fraction of sp³-hybridized carbons (Fsp3) is 0.941. The molecule has 2 N–H and O–H groups in total. The molecule has 0 amide bonds. The van der Waals surface area contributed by atoms with Gasteiger partial charge in [-0.05, 0) is 19.8 Å². The standard InChI is InChI=1S/C17H35N3/c1-4-6-8-10-12-17(3,13-11-9-7-5-2)20-15-14-19-16(20)18/h4-15H2,1-3H3,(H2,18,19). The van der Waals surface area contributed by atoms with Crippen LogP contribution in [0.5, 0.6) is 0 Å². The van der Waals surface area contributed by atoms with Crippen LogP contribution in [0.15, 0.2) is 4.99 Å². The molecule has 20 heavy (non-hydrogen) atoms. The van der Waals surface area contributed by atoms with Crippen LogP contribution in [0.1, 0.15) is 85.0 Å². The Balaban J connectivity index is 2.50. The third-order valence-corrected chi connectivity index (χ3v) is 4.66. The zero-order valence-corrected chi connectivity index (χ0v) is 14.0. The van der Waals surface area contributed by atoms with Gasteiger partial charge in [-0.3, -0.25) is 4.99 Å². The number of aliphatic imine (C=N–C) groups is 1. The molecule has 0 aliphatic carbocycles. The van der Waals surface area contributed by atoms with Crippen molar-refractivity contribution in [1.82, 2.24) is 4.90 Å². The monoisotopic (exact) mass is 281 g/mol. The summed E-state index contributed by atoms with van der Waals surface area (Å²) in [4.78, 5) is 6.77. The molecule has 1 aliphatic heterocycles. The molecule has 1 aliphatic rings. The number of guanidine groups is 1. The Labute approximate surface area is 126 Å². The maximum Gasteiger partial charge on any atom is 0.191 e. The Kier molecular flexibility index (Phi) is 8.01. The van der Waals surface area contributed by atoms with Crippen molar-refractivity contribution in [3.63, 3.8) is 0 Å². The average Bonchev–Trinajstić information content (AvgIpc) is 2.87. The van der Waals surface area contributed by atoms with Crippen LogP contribution in [-0.2, 0) is 0 Å². The molecule has 0 radical (unpaired) electrons. The summed E-state index contributed by atoms with van der Waals surface area (Å²) in [6.07, 6.45) is 13.2. The number of nitrogens with zero attached hydrogens (tertiary/aromatic N) is 2. The van der Waals surface area contributed by atoms with E-state index in [1.54, 1.807) is 0 Å². The molecule has 0 atom stereocenters. The summed E-state index contributed by atoms with van der Waals surface area (Å²) in [5, 5.41) is 0. The molecule has 0 aromatic heterocycles. The van der Waals surface area contributed by atoms with E-state index in [-0.39, 0.29) is 5.54 Å². The molecule has 1 heterocycles. The lowest BCUT2D eigenvalue weighted by atomic mass is 9.86. The zero-order chi connectivity index (χ0) is 14.8. The maximum absolute atomic E-state index is 6.10. The lowest BCUT2D eigenvalue weighted by Gasteiger charge is -2.40. The van der Waals surface area contributed by atoms with Gasteiger partial charge < -0.3 is 10.6 Å². The van der Waals surface area contributed by atoms with Gasteiger partial charge in [-0.25, -0.2) is 0 Å². The van der Waals surface area contributed by atoms with Gasteiger partial charge in [-0.15, -0.1) is 0 Å². The molecule has 3 nitrogen and oxygen atoms in total. The van der Waals surface area contributed by atoms with Crippen molar-refractivity contribution >= 4 is 5.96 Å². The molecule has 3 heteroatoms. The molecule has 0 unspecified atom stereocenters. The highest BCUT2D eigenvalue weighted by molar-refractivity contribution is 5.80. The fourth-order valence-corrected chi connectivity index (χ4v) is 3.27. The molecule has 0 saturated heterocycles. The minimum atomic E-state index is 0.228. The van der Waals surface area contributed by atoms with Crippen molar-refractivity contribution < 1.29 is 0 Å². The van der Waals surface area contributed by atoms with Crippen LogP contribution < -0.4 is 5.73 Å². The average molecular weight is 281 g/mol. The van der Waals surface area contributed by atoms with Gasteiger partial charge in [-0.1, -0.05) is 65.2 Å². The predicted molar refractivity (Wildman–Crippen MR) is 89.1 cm³/mol. The second kappa shape index (κ2) is 9.25. The normalized spacial score (nSPS) is 15.8. The van der Waals surface area contributed by atoms with Crippen LogP contribution >= 0.6 is 0 Å². The van der Waals surface area contributed by atoms with Gasteiger partial charge in [-0.2, -0.15) is 0 Å². The Morgan fingerprint density at radius 1 is 1.00 bits per heavy atom. The number of unbranched alkanes of at least 4 members (excludes halogenated alkanes) is 6. The van der Waals surface area contributed by atoms with E-state index in [1.165, 1.54) is 64.2 Å². The number of hydrogen-bond acceptors (Lipinski definition) is 3. The zero-order valence-electron chi connectivity index (χ0n) is 14.0. The summed E-state index contributed by atoms with van der Waals surface area (Å²) in [5.74, 6) is 0.776. The summed E-state index contributed by atoms with van der Waals surface area (Å²) in [7, 11) is 0. The Bertz CT molecular complexity index is 274. The molecule has 0 aromatic carbocycles. The van der Waals surface area contributed by atoms with Crippen molar-refractivity contribution in [2.45, 2.75) is 90.5 Å². The molecule has 1 rings (SSSR count). The fourth-order valence-electron chi connectivity index (χ4n) is 3.27. The van der Waals surface area contributed by atoms with Crippen LogP contribution in [0.25, 0.3) is 0 Å². The summed E-state index contributed by atoms with van der Waals surface area (Å²) in [6, 6.07) is 0.